The van der Waals surface area contributed by atoms with Crippen molar-refractivity contribution in [2.24, 2.45) is 0 Å². The maximum Gasteiger partial charge on any atom is 0.360 e. The highest BCUT2D eigenvalue weighted by atomic mass is 32.1. The first-order chi connectivity index (χ1) is 9.29. The fraction of sp³-hybridized carbons (Fsp3) is 0.385. The van der Waals surface area contributed by atoms with Gasteiger partial charge >= 0.3 is 5.97 Å². The minimum Gasteiger partial charge on any atom is -0.461 e. The predicted octanol–water partition coefficient (Wildman–Crippen LogP) is 2.25. The van der Waals surface area contributed by atoms with Gasteiger partial charge in [-0.2, -0.15) is 0 Å². The van der Waals surface area contributed by atoms with Crippen molar-refractivity contribution >= 4 is 17.3 Å². The number of nitrogens with zero attached hydrogens (tertiary/aromatic N) is 1. The Morgan fingerprint density at radius 2 is 2.47 bits per heavy atom. The van der Waals surface area contributed by atoms with Crippen molar-refractivity contribution < 1.29 is 14.1 Å². The van der Waals surface area contributed by atoms with Crippen LogP contribution >= 0.6 is 11.3 Å². The largest absolute Gasteiger partial charge is 0.461 e. The monoisotopic (exact) mass is 280 g/mol. The molecule has 2 aromatic rings. The predicted molar refractivity (Wildman–Crippen MR) is 72.2 cm³/mol. The number of carbonyl (C=O) groups is 1. The number of aromatic nitrogens is 1. The van der Waals surface area contributed by atoms with E-state index in [4.69, 9.17) is 9.26 Å². The van der Waals surface area contributed by atoms with E-state index in [0.29, 0.717) is 18.9 Å². The van der Waals surface area contributed by atoms with Gasteiger partial charge < -0.3 is 14.6 Å². The summed E-state index contributed by atoms with van der Waals surface area (Å²) in [5, 5.41) is 8.99. The third-order valence-electron chi connectivity index (χ3n) is 2.47. The van der Waals surface area contributed by atoms with Crippen LogP contribution < -0.4 is 5.32 Å². The Kier molecular flexibility index (Phi) is 5.11. The van der Waals surface area contributed by atoms with Gasteiger partial charge in [0.05, 0.1) is 13.2 Å². The Bertz CT molecular complexity index is 508. The summed E-state index contributed by atoms with van der Waals surface area (Å²) < 4.78 is 9.89. The molecule has 0 unspecified atom stereocenters. The van der Waals surface area contributed by atoms with E-state index in [1.807, 2.05) is 6.07 Å². The SMILES string of the molecule is CCOC(=O)c1cc(CNCCc2cccs2)on1. The Hall–Kier alpha value is -1.66. The molecule has 5 nitrogen and oxygen atoms in total. The van der Waals surface area contributed by atoms with Crippen LogP contribution in [0.4, 0.5) is 0 Å². The summed E-state index contributed by atoms with van der Waals surface area (Å²) in [5.41, 5.74) is 0.219. The van der Waals surface area contributed by atoms with Crippen LogP contribution in [0.15, 0.2) is 28.1 Å². The van der Waals surface area contributed by atoms with Crippen LogP contribution in [0.2, 0.25) is 0 Å². The molecule has 1 N–H and O–H groups in total. The van der Waals surface area contributed by atoms with Gasteiger partial charge in [-0.25, -0.2) is 4.79 Å². The zero-order valence-corrected chi connectivity index (χ0v) is 11.5. The molecule has 0 amide bonds. The maximum absolute atomic E-state index is 11.4. The second-order valence-electron chi connectivity index (χ2n) is 3.91. The minimum absolute atomic E-state index is 0.219. The maximum atomic E-state index is 11.4. The standard InChI is InChI=1S/C13H16N2O3S/c1-2-17-13(16)12-8-10(18-15-12)9-14-6-5-11-4-3-7-19-11/h3-4,7-8,14H,2,5-6,9H2,1H3. The topological polar surface area (TPSA) is 64.4 Å². The summed E-state index contributed by atoms with van der Waals surface area (Å²) in [6.45, 7) is 3.50. The van der Waals surface area contributed by atoms with Gasteiger partial charge in [0.2, 0.25) is 0 Å². The Morgan fingerprint density at radius 1 is 1.58 bits per heavy atom. The molecule has 0 saturated carbocycles. The molecule has 102 valence electrons. The van der Waals surface area contributed by atoms with Crippen LogP contribution in [-0.4, -0.2) is 24.3 Å². The van der Waals surface area contributed by atoms with Gasteiger partial charge in [0.15, 0.2) is 11.5 Å². The third kappa shape index (κ3) is 4.18. The van der Waals surface area contributed by atoms with Gasteiger partial charge in [0.1, 0.15) is 0 Å². The number of thiophene rings is 1. The molecule has 2 rings (SSSR count). The normalized spacial score (nSPS) is 10.6. The van der Waals surface area contributed by atoms with E-state index in [1.54, 1.807) is 24.3 Å². The van der Waals surface area contributed by atoms with Crippen molar-refractivity contribution in [2.45, 2.75) is 19.9 Å². The van der Waals surface area contributed by atoms with Crippen LogP contribution in [0.3, 0.4) is 0 Å². The molecule has 0 atom stereocenters. The van der Waals surface area contributed by atoms with E-state index >= 15 is 0 Å². The van der Waals surface area contributed by atoms with Crippen molar-refractivity contribution in [3.8, 4) is 0 Å². The summed E-state index contributed by atoms with van der Waals surface area (Å²) in [6.07, 6.45) is 0.983. The van der Waals surface area contributed by atoms with Crippen molar-refractivity contribution in [3.63, 3.8) is 0 Å². The molecule has 0 aliphatic heterocycles. The first-order valence-corrected chi connectivity index (χ1v) is 7.03. The van der Waals surface area contributed by atoms with Crippen LogP contribution in [0.5, 0.6) is 0 Å². The quantitative estimate of drug-likeness (QED) is 0.622. The fourth-order valence-corrected chi connectivity index (χ4v) is 2.28. The van der Waals surface area contributed by atoms with Gasteiger partial charge in [-0.15, -0.1) is 11.3 Å². The van der Waals surface area contributed by atoms with E-state index in [0.717, 1.165) is 13.0 Å². The lowest BCUT2D eigenvalue weighted by atomic mass is 10.3. The second-order valence-corrected chi connectivity index (χ2v) is 4.94. The molecule has 0 aliphatic rings. The van der Waals surface area contributed by atoms with Gasteiger partial charge in [-0.3, -0.25) is 0 Å². The van der Waals surface area contributed by atoms with Crippen molar-refractivity contribution in [2.75, 3.05) is 13.2 Å². The molecule has 0 aromatic carbocycles. The first kappa shape index (κ1) is 13.8. The van der Waals surface area contributed by atoms with E-state index < -0.39 is 5.97 Å². The molecule has 0 radical (unpaired) electrons. The van der Waals surface area contributed by atoms with E-state index in [2.05, 4.69) is 21.9 Å². The average Bonchev–Trinajstić information content (AvgIpc) is 3.06. The number of ether oxygens (including phenoxy) is 1. The zero-order valence-electron chi connectivity index (χ0n) is 10.7. The summed E-state index contributed by atoms with van der Waals surface area (Å²) >= 11 is 1.75. The summed E-state index contributed by atoms with van der Waals surface area (Å²) in [4.78, 5) is 12.7. The minimum atomic E-state index is -0.448. The molecule has 19 heavy (non-hydrogen) atoms. The number of hydrogen-bond acceptors (Lipinski definition) is 6. The van der Waals surface area contributed by atoms with E-state index in [-0.39, 0.29) is 5.69 Å². The molecular weight excluding hydrogens is 264 g/mol. The van der Waals surface area contributed by atoms with E-state index in [1.165, 1.54) is 4.88 Å². The number of carbonyl (C=O) groups excluding carboxylic acids is 1. The molecular formula is C13H16N2O3S. The Balaban J connectivity index is 1.72. The van der Waals surface area contributed by atoms with Gasteiger partial charge in [0.25, 0.3) is 0 Å². The molecule has 2 aromatic heterocycles. The smallest absolute Gasteiger partial charge is 0.360 e. The molecule has 0 aliphatic carbocycles. The van der Waals surface area contributed by atoms with E-state index in [9.17, 15) is 4.79 Å². The van der Waals surface area contributed by atoms with Crippen LogP contribution in [-0.2, 0) is 17.7 Å². The molecule has 6 heteroatoms. The van der Waals surface area contributed by atoms with Crippen LogP contribution in [0, 0.1) is 0 Å². The van der Waals surface area contributed by atoms with Crippen molar-refractivity contribution in [1.82, 2.24) is 10.5 Å². The lowest BCUT2D eigenvalue weighted by Crippen LogP contribution is -2.15. The molecule has 2 heterocycles. The number of nitrogens with one attached hydrogen (secondary N) is 1. The highest BCUT2D eigenvalue weighted by Gasteiger charge is 2.12. The van der Waals surface area contributed by atoms with Crippen LogP contribution in [0.25, 0.3) is 0 Å². The second kappa shape index (κ2) is 7.06. The fourth-order valence-electron chi connectivity index (χ4n) is 1.58. The van der Waals surface area contributed by atoms with Crippen molar-refractivity contribution in [1.29, 1.82) is 0 Å². The summed E-state index contributed by atoms with van der Waals surface area (Å²) in [7, 11) is 0. The number of hydrogen-bond donors (Lipinski definition) is 1. The summed E-state index contributed by atoms with van der Waals surface area (Å²) in [5.74, 6) is 0.185. The van der Waals surface area contributed by atoms with Crippen molar-refractivity contribution in [3.05, 3.63) is 39.9 Å². The highest BCUT2D eigenvalue weighted by molar-refractivity contribution is 7.09. The molecule has 0 fully saturated rings. The molecule has 0 spiro atoms. The molecule has 0 saturated heterocycles. The molecule has 0 bridgehead atoms. The number of esters is 1. The van der Waals surface area contributed by atoms with Gasteiger partial charge in [-0.1, -0.05) is 11.2 Å². The van der Waals surface area contributed by atoms with Gasteiger partial charge in [-0.05, 0) is 24.8 Å². The highest BCUT2D eigenvalue weighted by Crippen LogP contribution is 2.09. The zero-order chi connectivity index (χ0) is 13.5. The summed E-state index contributed by atoms with van der Waals surface area (Å²) in [6, 6.07) is 5.76. The number of rotatable bonds is 7. The lowest BCUT2D eigenvalue weighted by Gasteiger charge is -1.99. The lowest BCUT2D eigenvalue weighted by molar-refractivity contribution is 0.0514. The Labute approximate surface area is 115 Å². The third-order valence-corrected chi connectivity index (χ3v) is 3.41. The first-order valence-electron chi connectivity index (χ1n) is 6.15. The van der Waals surface area contributed by atoms with Crippen LogP contribution in [0.1, 0.15) is 28.0 Å². The average molecular weight is 280 g/mol. The van der Waals surface area contributed by atoms with Gasteiger partial charge in [0, 0.05) is 17.5 Å². The Morgan fingerprint density at radius 3 is 3.21 bits per heavy atom.